The van der Waals surface area contributed by atoms with Crippen LogP contribution >= 0.6 is 11.6 Å². The zero-order valence-electron chi connectivity index (χ0n) is 11.0. The Labute approximate surface area is 122 Å². The summed E-state index contributed by atoms with van der Waals surface area (Å²) >= 11 is 5.52. The van der Waals surface area contributed by atoms with Gasteiger partial charge in [0.15, 0.2) is 0 Å². The van der Waals surface area contributed by atoms with Gasteiger partial charge in [0.05, 0.1) is 16.7 Å². The third-order valence-electron chi connectivity index (χ3n) is 2.76. The molecular weight excluding hydrogens is 309 g/mol. The number of carbonyl (C=O) groups is 1. The van der Waals surface area contributed by atoms with Crippen molar-refractivity contribution < 1.29 is 22.7 Å². The lowest BCUT2D eigenvalue weighted by molar-refractivity contribution is -0.141. The molecule has 0 saturated heterocycles. The van der Waals surface area contributed by atoms with Crippen molar-refractivity contribution in [1.82, 2.24) is 4.31 Å². The van der Waals surface area contributed by atoms with Gasteiger partial charge in [0, 0.05) is 13.6 Å². The van der Waals surface area contributed by atoms with E-state index in [4.69, 9.17) is 16.7 Å². The Bertz CT molecular complexity index is 605. The van der Waals surface area contributed by atoms with Gasteiger partial charge in [-0.25, -0.2) is 17.1 Å². The predicted octanol–water partition coefficient (Wildman–Crippen LogP) is 1.96. The molecule has 0 saturated carbocycles. The van der Waals surface area contributed by atoms with Gasteiger partial charge in [-0.05, 0) is 17.7 Å². The van der Waals surface area contributed by atoms with Crippen molar-refractivity contribution in [3.63, 3.8) is 0 Å². The summed E-state index contributed by atoms with van der Waals surface area (Å²) < 4.78 is 38.3. The molecule has 0 bridgehead atoms. The maximum absolute atomic E-state index is 13.3. The van der Waals surface area contributed by atoms with Crippen LogP contribution < -0.4 is 0 Å². The van der Waals surface area contributed by atoms with Gasteiger partial charge in [0.2, 0.25) is 10.0 Å². The quantitative estimate of drug-likeness (QED) is 0.868. The molecule has 8 heteroatoms. The summed E-state index contributed by atoms with van der Waals surface area (Å²) in [5.74, 6) is -3.01. The molecule has 1 unspecified atom stereocenters. The van der Waals surface area contributed by atoms with Crippen LogP contribution in [-0.4, -0.2) is 37.4 Å². The number of benzene rings is 1. The van der Waals surface area contributed by atoms with Crippen LogP contribution in [0.25, 0.3) is 0 Å². The van der Waals surface area contributed by atoms with Gasteiger partial charge < -0.3 is 5.11 Å². The predicted molar refractivity (Wildman–Crippen MR) is 73.5 cm³/mol. The number of sulfonamides is 1. The molecular formula is C12H15ClFNO4S. The molecule has 20 heavy (non-hydrogen) atoms. The molecule has 0 aromatic heterocycles. The lowest BCUT2D eigenvalue weighted by Crippen LogP contribution is -2.34. The molecule has 112 valence electrons. The summed E-state index contributed by atoms with van der Waals surface area (Å²) in [6.45, 7) is 1.27. The fourth-order valence-electron chi connectivity index (χ4n) is 1.53. The van der Waals surface area contributed by atoms with E-state index in [1.54, 1.807) is 0 Å². The molecule has 1 aromatic rings. The van der Waals surface area contributed by atoms with Crippen LogP contribution in [0.15, 0.2) is 18.2 Å². The number of carboxylic acids is 1. The highest BCUT2D eigenvalue weighted by Crippen LogP contribution is 2.18. The van der Waals surface area contributed by atoms with Crippen LogP contribution in [0, 0.1) is 11.7 Å². The number of halogens is 2. The first-order valence-electron chi connectivity index (χ1n) is 5.74. The second kappa shape index (κ2) is 6.51. The second-order valence-electron chi connectivity index (χ2n) is 4.52. The summed E-state index contributed by atoms with van der Waals surface area (Å²) in [5, 5.41) is 8.68. The molecule has 0 amide bonds. The average molecular weight is 324 g/mol. The standard InChI is InChI=1S/C12H15ClFNO4S/c1-8(12(16)17)6-15(2)20(18,19)7-9-3-4-10(13)11(14)5-9/h3-5,8H,6-7H2,1-2H3,(H,16,17). The lowest BCUT2D eigenvalue weighted by Gasteiger charge is -2.19. The van der Waals surface area contributed by atoms with Gasteiger partial charge in [-0.2, -0.15) is 0 Å². The van der Waals surface area contributed by atoms with E-state index < -0.39 is 33.5 Å². The number of hydrogen-bond donors (Lipinski definition) is 1. The lowest BCUT2D eigenvalue weighted by atomic mass is 10.2. The molecule has 1 atom stereocenters. The first-order valence-corrected chi connectivity index (χ1v) is 7.73. The highest BCUT2D eigenvalue weighted by atomic mass is 35.5. The monoisotopic (exact) mass is 323 g/mol. The summed E-state index contributed by atoms with van der Waals surface area (Å²) in [4.78, 5) is 10.7. The van der Waals surface area contributed by atoms with E-state index in [9.17, 15) is 17.6 Å². The minimum Gasteiger partial charge on any atom is -0.481 e. The van der Waals surface area contributed by atoms with Gasteiger partial charge in [-0.3, -0.25) is 4.79 Å². The maximum Gasteiger partial charge on any atom is 0.307 e. The Morgan fingerprint density at radius 1 is 1.50 bits per heavy atom. The smallest absolute Gasteiger partial charge is 0.307 e. The van der Waals surface area contributed by atoms with E-state index in [2.05, 4.69) is 0 Å². The minimum absolute atomic E-state index is 0.0843. The largest absolute Gasteiger partial charge is 0.481 e. The van der Waals surface area contributed by atoms with Crippen molar-refractivity contribution >= 4 is 27.6 Å². The highest BCUT2D eigenvalue weighted by molar-refractivity contribution is 7.88. The molecule has 0 spiro atoms. The molecule has 5 nitrogen and oxygen atoms in total. The van der Waals surface area contributed by atoms with Gasteiger partial charge in [0.25, 0.3) is 0 Å². The second-order valence-corrected chi connectivity index (χ2v) is 7.01. The average Bonchev–Trinajstić information content (AvgIpc) is 2.33. The Kier molecular flexibility index (Phi) is 5.50. The Morgan fingerprint density at radius 3 is 2.60 bits per heavy atom. The van der Waals surface area contributed by atoms with Crippen molar-refractivity contribution in [1.29, 1.82) is 0 Å². The van der Waals surface area contributed by atoms with Crippen molar-refractivity contribution in [3.05, 3.63) is 34.6 Å². The van der Waals surface area contributed by atoms with Crippen molar-refractivity contribution in [3.8, 4) is 0 Å². The van der Waals surface area contributed by atoms with Crippen LogP contribution in [0.1, 0.15) is 12.5 Å². The van der Waals surface area contributed by atoms with E-state index in [1.165, 1.54) is 26.1 Å². The normalized spacial score (nSPS) is 13.4. The van der Waals surface area contributed by atoms with E-state index in [1.807, 2.05) is 0 Å². The van der Waals surface area contributed by atoms with Gasteiger partial charge in [0.1, 0.15) is 5.82 Å². The maximum atomic E-state index is 13.3. The van der Waals surface area contributed by atoms with Crippen LogP contribution in [0.3, 0.4) is 0 Å². The topological polar surface area (TPSA) is 74.7 Å². The van der Waals surface area contributed by atoms with Gasteiger partial charge >= 0.3 is 5.97 Å². The molecule has 1 N–H and O–H groups in total. The SMILES string of the molecule is CC(CN(C)S(=O)(=O)Cc1ccc(Cl)c(F)c1)C(=O)O. The summed E-state index contributed by atoms with van der Waals surface area (Å²) in [6.07, 6.45) is 0. The number of carboxylic acid groups (broad SMARTS) is 1. The fraction of sp³-hybridized carbons (Fsp3) is 0.417. The number of aliphatic carboxylic acids is 1. The molecule has 0 heterocycles. The Morgan fingerprint density at radius 2 is 2.10 bits per heavy atom. The third kappa shape index (κ3) is 4.43. The van der Waals surface area contributed by atoms with Gasteiger partial charge in [-0.15, -0.1) is 0 Å². The van der Waals surface area contributed by atoms with Crippen LogP contribution in [-0.2, 0) is 20.6 Å². The number of nitrogens with zero attached hydrogens (tertiary/aromatic N) is 1. The number of hydrogen-bond acceptors (Lipinski definition) is 3. The molecule has 0 aliphatic carbocycles. The summed E-state index contributed by atoms with van der Waals surface area (Å²) in [7, 11) is -2.42. The van der Waals surface area contributed by atoms with E-state index in [0.717, 1.165) is 10.4 Å². The molecule has 0 aliphatic heterocycles. The summed E-state index contributed by atoms with van der Waals surface area (Å²) in [6, 6.07) is 3.74. The van der Waals surface area contributed by atoms with Crippen LogP contribution in [0.5, 0.6) is 0 Å². The fourth-order valence-corrected chi connectivity index (χ4v) is 2.92. The Balaban J connectivity index is 2.83. The van der Waals surface area contributed by atoms with E-state index in [0.29, 0.717) is 0 Å². The first kappa shape index (κ1) is 16.9. The third-order valence-corrected chi connectivity index (χ3v) is 4.86. The Hall–Kier alpha value is -1.18. The zero-order valence-corrected chi connectivity index (χ0v) is 12.6. The minimum atomic E-state index is -3.71. The van der Waals surface area contributed by atoms with Crippen LogP contribution in [0.2, 0.25) is 5.02 Å². The molecule has 0 fully saturated rings. The van der Waals surface area contributed by atoms with Crippen molar-refractivity contribution in [2.45, 2.75) is 12.7 Å². The molecule has 0 radical (unpaired) electrons. The summed E-state index contributed by atoms with van der Waals surface area (Å²) in [5.41, 5.74) is 0.252. The zero-order chi connectivity index (χ0) is 15.5. The highest BCUT2D eigenvalue weighted by Gasteiger charge is 2.23. The van der Waals surface area contributed by atoms with Crippen molar-refractivity contribution in [2.24, 2.45) is 5.92 Å². The molecule has 1 rings (SSSR count). The molecule has 0 aliphatic rings. The van der Waals surface area contributed by atoms with Gasteiger partial charge in [-0.1, -0.05) is 24.6 Å². The van der Waals surface area contributed by atoms with Crippen molar-refractivity contribution in [2.75, 3.05) is 13.6 Å². The van der Waals surface area contributed by atoms with E-state index >= 15 is 0 Å². The van der Waals surface area contributed by atoms with E-state index in [-0.39, 0.29) is 17.1 Å². The van der Waals surface area contributed by atoms with Crippen LogP contribution in [0.4, 0.5) is 4.39 Å². The molecule has 1 aromatic carbocycles. The first-order chi connectivity index (χ1) is 9.13. The number of rotatable bonds is 6.